The Kier molecular flexibility index (Phi) is 4.58. The Bertz CT molecular complexity index is 365. The Hall–Kier alpha value is -1.56. The van der Waals surface area contributed by atoms with Gasteiger partial charge in [0.15, 0.2) is 0 Å². The van der Waals surface area contributed by atoms with Gasteiger partial charge in [0.25, 0.3) is 0 Å². The minimum Gasteiger partial charge on any atom is -0.338 e. The fraction of sp³-hybridized carbons (Fsp3) is 0.667. The van der Waals surface area contributed by atoms with Crippen LogP contribution in [0.5, 0.6) is 0 Å². The normalized spacial score (nSPS) is 19.9. The second-order valence-electron chi connectivity index (χ2n) is 4.69. The summed E-state index contributed by atoms with van der Waals surface area (Å²) in [5.41, 5.74) is 0.906. The van der Waals surface area contributed by atoms with Crippen LogP contribution in [0.3, 0.4) is 0 Å². The maximum Gasteiger partial charge on any atom is 0.315 e. The molecule has 0 saturated carbocycles. The summed E-state index contributed by atoms with van der Waals surface area (Å²) in [5, 5.41) is 12.3. The number of hydrogen-bond donors (Lipinski definition) is 3. The molecule has 0 aliphatic carbocycles. The van der Waals surface area contributed by atoms with Crippen molar-refractivity contribution < 1.29 is 4.79 Å². The number of H-pyrrole nitrogens is 1. The van der Waals surface area contributed by atoms with Gasteiger partial charge >= 0.3 is 6.03 Å². The van der Waals surface area contributed by atoms with E-state index in [1.165, 1.54) is 6.42 Å². The topological polar surface area (TPSA) is 73.1 Å². The van der Waals surface area contributed by atoms with Gasteiger partial charge in [0, 0.05) is 19.3 Å². The summed E-state index contributed by atoms with van der Waals surface area (Å²) < 4.78 is 0. The predicted molar refractivity (Wildman–Crippen MR) is 69.0 cm³/mol. The summed E-state index contributed by atoms with van der Waals surface area (Å²) in [5.74, 6) is 0.586. The summed E-state index contributed by atoms with van der Waals surface area (Å²) in [6.45, 7) is 6.76. The van der Waals surface area contributed by atoms with E-state index in [1.807, 2.05) is 6.07 Å². The molecule has 6 nitrogen and oxygen atoms in total. The third-order valence-electron chi connectivity index (χ3n) is 3.37. The standard InChI is InChI=1S/C12H21N5O/c1-2-17-6-4-10(9-17)7-13-12(18)14-8-11-3-5-15-16-11/h3,5,10H,2,4,6-9H2,1H3,(H,15,16)(H2,13,14,18)/t10-/m0/s1. The molecule has 0 radical (unpaired) electrons. The molecule has 3 N–H and O–H groups in total. The number of amides is 2. The summed E-state index contributed by atoms with van der Waals surface area (Å²) in [6.07, 6.45) is 2.85. The van der Waals surface area contributed by atoms with Gasteiger partial charge in [-0.25, -0.2) is 4.79 Å². The summed E-state index contributed by atoms with van der Waals surface area (Å²) in [4.78, 5) is 14.0. The van der Waals surface area contributed by atoms with Gasteiger partial charge in [-0.1, -0.05) is 6.92 Å². The summed E-state index contributed by atoms with van der Waals surface area (Å²) in [7, 11) is 0. The van der Waals surface area contributed by atoms with Gasteiger partial charge in [-0.05, 0) is 31.5 Å². The van der Waals surface area contributed by atoms with Gasteiger partial charge in [-0.3, -0.25) is 5.10 Å². The number of hydrogen-bond acceptors (Lipinski definition) is 3. The maximum absolute atomic E-state index is 11.6. The zero-order valence-electron chi connectivity index (χ0n) is 10.8. The van der Waals surface area contributed by atoms with Crippen molar-refractivity contribution in [3.05, 3.63) is 18.0 Å². The Morgan fingerprint density at radius 1 is 1.61 bits per heavy atom. The van der Waals surface area contributed by atoms with Crippen LogP contribution >= 0.6 is 0 Å². The zero-order valence-corrected chi connectivity index (χ0v) is 10.8. The maximum atomic E-state index is 11.6. The van der Waals surface area contributed by atoms with Crippen LogP contribution in [0.2, 0.25) is 0 Å². The van der Waals surface area contributed by atoms with Gasteiger partial charge in [-0.15, -0.1) is 0 Å². The van der Waals surface area contributed by atoms with E-state index in [-0.39, 0.29) is 6.03 Å². The molecule has 1 aliphatic rings. The van der Waals surface area contributed by atoms with Crippen LogP contribution in [-0.4, -0.2) is 47.3 Å². The minimum absolute atomic E-state index is 0.112. The summed E-state index contributed by atoms with van der Waals surface area (Å²) in [6, 6.07) is 1.73. The number of likely N-dealkylation sites (tertiary alicyclic amines) is 1. The molecule has 1 atom stereocenters. The number of nitrogens with one attached hydrogen (secondary N) is 3. The highest BCUT2D eigenvalue weighted by molar-refractivity contribution is 5.73. The van der Waals surface area contributed by atoms with Crippen LogP contribution in [0.1, 0.15) is 19.0 Å². The third kappa shape index (κ3) is 3.73. The van der Waals surface area contributed by atoms with Crippen molar-refractivity contribution in [2.45, 2.75) is 19.9 Å². The van der Waals surface area contributed by atoms with E-state index in [2.05, 4.69) is 32.7 Å². The monoisotopic (exact) mass is 251 g/mol. The molecule has 2 rings (SSSR count). The van der Waals surface area contributed by atoms with Crippen LogP contribution in [0.4, 0.5) is 4.79 Å². The lowest BCUT2D eigenvalue weighted by atomic mass is 10.1. The van der Waals surface area contributed by atoms with Crippen molar-refractivity contribution >= 4 is 6.03 Å². The van der Waals surface area contributed by atoms with Crippen molar-refractivity contribution in [2.24, 2.45) is 5.92 Å². The molecule has 1 fully saturated rings. The molecule has 1 saturated heterocycles. The lowest BCUT2D eigenvalue weighted by molar-refractivity contribution is 0.238. The van der Waals surface area contributed by atoms with E-state index in [4.69, 9.17) is 0 Å². The first-order valence-electron chi connectivity index (χ1n) is 6.50. The first-order valence-corrected chi connectivity index (χ1v) is 6.50. The highest BCUT2D eigenvalue weighted by Gasteiger charge is 2.21. The van der Waals surface area contributed by atoms with Crippen LogP contribution in [-0.2, 0) is 6.54 Å². The number of carbonyl (C=O) groups excluding carboxylic acids is 1. The molecule has 1 aromatic rings. The number of urea groups is 1. The lowest BCUT2D eigenvalue weighted by Crippen LogP contribution is -2.38. The van der Waals surface area contributed by atoms with Gasteiger partial charge in [0.05, 0.1) is 12.2 Å². The Labute approximate surface area is 107 Å². The number of aromatic amines is 1. The minimum atomic E-state index is -0.112. The molecule has 100 valence electrons. The Balaban J connectivity index is 1.60. The van der Waals surface area contributed by atoms with Crippen LogP contribution in [0.15, 0.2) is 12.3 Å². The molecule has 2 amide bonds. The molecule has 6 heteroatoms. The van der Waals surface area contributed by atoms with Crippen molar-refractivity contribution in [1.29, 1.82) is 0 Å². The third-order valence-corrected chi connectivity index (χ3v) is 3.37. The molecule has 18 heavy (non-hydrogen) atoms. The summed E-state index contributed by atoms with van der Waals surface area (Å²) >= 11 is 0. The van der Waals surface area contributed by atoms with Crippen molar-refractivity contribution in [3.63, 3.8) is 0 Å². The van der Waals surface area contributed by atoms with Gasteiger partial charge < -0.3 is 15.5 Å². The smallest absolute Gasteiger partial charge is 0.315 e. The predicted octanol–water partition coefficient (Wildman–Crippen LogP) is 0.551. The zero-order chi connectivity index (χ0) is 12.8. The SMILES string of the molecule is CCN1CC[C@@H](CNC(=O)NCc2ccn[nH]2)C1. The molecule has 0 spiro atoms. The van der Waals surface area contributed by atoms with Crippen molar-refractivity contribution in [3.8, 4) is 0 Å². The molecule has 1 aromatic heterocycles. The number of rotatable bonds is 5. The van der Waals surface area contributed by atoms with Crippen molar-refractivity contribution in [2.75, 3.05) is 26.2 Å². The van der Waals surface area contributed by atoms with Gasteiger partial charge in [0.1, 0.15) is 0 Å². The van der Waals surface area contributed by atoms with E-state index >= 15 is 0 Å². The quantitative estimate of drug-likeness (QED) is 0.715. The number of carbonyl (C=O) groups is 1. The van der Waals surface area contributed by atoms with Crippen LogP contribution < -0.4 is 10.6 Å². The molecule has 0 bridgehead atoms. The number of aromatic nitrogens is 2. The second-order valence-corrected chi connectivity index (χ2v) is 4.69. The average Bonchev–Trinajstić information content (AvgIpc) is 3.04. The molecular weight excluding hydrogens is 230 g/mol. The average molecular weight is 251 g/mol. The Morgan fingerprint density at radius 2 is 2.50 bits per heavy atom. The van der Waals surface area contributed by atoms with E-state index < -0.39 is 0 Å². The van der Waals surface area contributed by atoms with Gasteiger partial charge in [0.2, 0.25) is 0 Å². The molecule has 0 unspecified atom stereocenters. The van der Waals surface area contributed by atoms with Crippen molar-refractivity contribution in [1.82, 2.24) is 25.7 Å². The number of nitrogens with zero attached hydrogens (tertiary/aromatic N) is 2. The van der Waals surface area contributed by atoms with Crippen LogP contribution in [0.25, 0.3) is 0 Å². The fourth-order valence-electron chi connectivity index (χ4n) is 2.22. The lowest BCUT2D eigenvalue weighted by Gasteiger charge is -2.14. The second kappa shape index (κ2) is 6.39. The highest BCUT2D eigenvalue weighted by Crippen LogP contribution is 2.14. The fourth-order valence-corrected chi connectivity index (χ4v) is 2.22. The molecule has 2 heterocycles. The van der Waals surface area contributed by atoms with E-state index in [1.54, 1.807) is 6.20 Å². The van der Waals surface area contributed by atoms with Crippen LogP contribution in [0, 0.1) is 5.92 Å². The first kappa shape index (κ1) is 12.9. The molecular formula is C12H21N5O. The molecule has 1 aliphatic heterocycles. The Morgan fingerprint density at radius 3 is 3.17 bits per heavy atom. The highest BCUT2D eigenvalue weighted by atomic mass is 16.2. The van der Waals surface area contributed by atoms with E-state index in [9.17, 15) is 4.79 Å². The van der Waals surface area contributed by atoms with Gasteiger partial charge in [-0.2, -0.15) is 5.10 Å². The molecule has 0 aromatic carbocycles. The van der Waals surface area contributed by atoms with E-state index in [0.29, 0.717) is 12.5 Å². The largest absolute Gasteiger partial charge is 0.338 e. The van der Waals surface area contributed by atoms with E-state index in [0.717, 1.165) is 31.9 Å². The first-order chi connectivity index (χ1) is 8.78.